The molecule has 0 heterocycles. The first kappa shape index (κ1) is 7.50. The van der Waals surface area contributed by atoms with Crippen molar-refractivity contribution in [1.29, 1.82) is 0 Å². The Kier molecular flexibility index (Phi) is 4.36. The minimum absolute atomic E-state index is 0.383. The average molecular weight is 115 g/mol. The van der Waals surface area contributed by atoms with Gasteiger partial charge in [0, 0.05) is 0 Å². The van der Waals surface area contributed by atoms with Gasteiger partial charge in [0.1, 0.15) is 6.23 Å². The molecular formula is C6H13NO. The molecule has 0 rings (SSSR count). The van der Waals surface area contributed by atoms with Crippen molar-refractivity contribution < 1.29 is 5.11 Å². The van der Waals surface area contributed by atoms with Crippen LogP contribution in [-0.2, 0) is 0 Å². The number of hydrogen-bond acceptors (Lipinski definition) is 2. The third-order valence-corrected chi connectivity index (χ3v) is 0.842. The fourth-order valence-corrected chi connectivity index (χ4v) is 0.325. The van der Waals surface area contributed by atoms with Crippen molar-refractivity contribution in [3.63, 3.8) is 0 Å². The summed E-state index contributed by atoms with van der Waals surface area (Å²) < 4.78 is 0. The van der Waals surface area contributed by atoms with Crippen LogP contribution in [0.5, 0.6) is 0 Å². The first-order valence-corrected chi connectivity index (χ1v) is 2.86. The standard InChI is InChI=1S/C6H13NO/c1-3-5-7-6(8)4-2/h3,5-8H,4H2,1-2H3. The van der Waals surface area contributed by atoms with Gasteiger partial charge in [-0.2, -0.15) is 0 Å². The van der Waals surface area contributed by atoms with Gasteiger partial charge in [-0.05, 0) is 19.5 Å². The van der Waals surface area contributed by atoms with Gasteiger partial charge in [0.15, 0.2) is 0 Å². The fraction of sp³-hybridized carbons (Fsp3) is 0.667. The van der Waals surface area contributed by atoms with E-state index in [0.29, 0.717) is 0 Å². The van der Waals surface area contributed by atoms with Crippen LogP contribution in [0.15, 0.2) is 12.3 Å². The van der Waals surface area contributed by atoms with E-state index in [1.807, 2.05) is 19.9 Å². The van der Waals surface area contributed by atoms with Crippen LogP contribution in [0.25, 0.3) is 0 Å². The maximum Gasteiger partial charge on any atom is 0.123 e. The zero-order valence-corrected chi connectivity index (χ0v) is 5.39. The molecule has 2 nitrogen and oxygen atoms in total. The van der Waals surface area contributed by atoms with Crippen LogP contribution in [-0.4, -0.2) is 11.3 Å². The van der Waals surface area contributed by atoms with Gasteiger partial charge in [-0.1, -0.05) is 13.0 Å². The van der Waals surface area contributed by atoms with Crippen LogP contribution >= 0.6 is 0 Å². The van der Waals surface area contributed by atoms with E-state index in [9.17, 15) is 0 Å². The first-order valence-electron chi connectivity index (χ1n) is 2.86. The van der Waals surface area contributed by atoms with E-state index in [0.717, 1.165) is 6.42 Å². The van der Waals surface area contributed by atoms with Gasteiger partial charge in [0.25, 0.3) is 0 Å². The van der Waals surface area contributed by atoms with Crippen LogP contribution in [0.2, 0.25) is 0 Å². The van der Waals surface area contributed by atoms with Gasteiger partial charge in [-0.25, -0.2) is 0 Å². The summed E-state index contributed by atoms with van der Waals surface area (Å²) in [5.74, 6) is 0. The summed E-state index contributed by atoms with van der Waals surface area (Å²) in [5, 5.41) is 11.6. The molecule has 0 aromatic rings. The van der Waals surface area contributed by atoms with E-state index >= 15 is 0 Å². The predicted molar refractivity (Wildman–Crippen MR) is 34.2 cm³/mol. The highest BCUT2D eigenvalue weighted by Crippen LogP contribution is 1.81. The van der Waals surface area contributed by atoms with Crippen LogP contribution in [0.4, 0.5) is 0 Å². The van der Waals surface area contributed by atoms with Crippen molar-refractivity contribution in [2.75, 3.05) is 0 Å². The summed E-state index contributed by atoms with van der Waals surface area (Å²) in [6, 6.07) is 0. The predicted octanol–water partition coefficient (Wildman–Crippen LogP) is 0.838. The quantitative estimate of drug-likeness (QED) is 0.534. The second-order valence-electron chi connectivity index (χ2n) is 1.59. The number of allylic oxidation sites excluding steroid dienone is 1. The largest absolute Gasteiger partial charge is 0.374 e. The van der Waals surface area contributed by atoms with E-state index in [1.54, 1.807) is 6.20 Å². The molecule has 0 aromatic heterocycles. The van der Waals surface area contributed by atoms with Crippen LogP contribution in [0, 0.1) is 0 Å². The summed E-state index contributed by atoms with van der Waals surface area (Å²) in [5.41, 5.74) is 0. The van der Waals surface area contributed by atoms with Gasteiger partial charge < -0.3 is 10.4 Å². The summed E-state index contributed by atoms with van der Waals surface area (Å²) >= 11 is 0. The molecule has 2 N–H and O–H groups in total. The van der Waals surface area contributed by atoms with Gasteiger partial charge in [-0.3, -0.25) is 0 Å². The zero-order valence-electron chi connectivity index (χ0n) is 5.39. The van der Waals surface area contributed by atoms with E-state index in [4.69, 9.17) is 5.11 Å². The van der Waals surface area contributed by atoms with Crippen LogP contribution in [0.3, 0.4) is 0 Å². The summed E-state index contributed by atoms with van der Waals surface area (Å²) in [6.07, 6.45) is 3.93. The Bertz CT molecular complexity index is 70.9. The van der Waals surface area contributed by atoms with Crippen LogP contribution in [0.1, 0.15) is 20.3 Å². The number of aliphatic hydroxyl groups excluding tert-OH is 1. The molecule has 0 radical (unpaired) electrons. The minimum atomic E-state index is -0.383. The maximum absolute atomic E-state index is 8.83. The molecule has 0 spiro atoms. The molecule has 0 saturated carbocycles. The van der Waals surface area contributed by atoms with E-state index < -0.39 is 0 Å². The third kappa shape index (κ3) is 3.68. The number of rotatable bonds is 3. The van der Waals surface area contributed by atoms with Gasteiger partial charge in [0.2, 0.25) is 0 Å². The monoisotopic (exact) mass is 115 g/mol. The van der Waals surface area contributed by atoms with Crippen molar-refractivity contribution in [3.05, 3.63) is 12.3 Å². The molecule has 1 atom stereocenters. The first-order chi connectivity index (χ1) is 3.81. The Hall–Kier alpha value is -0.500. The molecule has 0 aliphatic carbocycles. The zero-order chi connectivity index (χ0) is 6.41. The van der Waals surface area contributed by atoms with Crippen molar-refractivity contribution in [3.8, 4) is 0 Å². The molecule has 0 aliphatic rings. The maximum atomic E-state index is 8.83. The van der Waals surface area contributed by atoms with Crippen molar-refractivity contribution in [2.45, 2.75) is 26.5 Å². The van der Waals surface area contributed by atoms with Gasteiger partial charge in [0.05, 0.1) is 0 Å². The Morgan fingerprint density at radius 3 is 2.75 bits per heavy atom. The highest BCUT2D eigenvalue weighted by molar-refractivity contribution is 4.74. The molecule has 0 aromatic carbocycles. The van der Waals surface area contributed by atoms with Gasteiger partial charge in [-0.15, -0.1) is 0 Å². The second kappa shape index (κ2) is 4.65. The fourth-order valence-electron chi connectivity index (χ4n) is 0.325. The topological polar surface area (TPSA) is 32.3 Å². The SMILES string of the molecule is CC=CNC(O)CC. The highest BCUT2D eigenvalue weighted by Gasteiger charge is 1.90. The summed E-state index contributed by atoms with van der Waals surface area (Å²) in [6.45, 7) is 3.82. The van der Waals surface area contributed by atoms with Crippen molar-refractivity contribution >= 4 is 0 Å². The average Bonchev–Trinajstić information content (AvgIpc) is 1.83. The number of nitrogens with one attached hydrogen (secondary N) is 1. The minimum Gasteiger partial charge on any atom is -0.374 e. The molecule has 1 unspecified atom stereocenters. The Morgan fingerprint density at radius 2 is 2.38 bits per heavy atom. The lowest BCUT2D eigenvalue weighted by molar-refractivity contribution is 0.149. The smallest absolute Gasteiger partial charge is 0.123 e. The Labute approximate surface area is 50.2 Å². The molecule has 0 fully saturated rings. The lowest BCUT2D eigenvalue weighted by Gasteiger charge is -2.04. The summed E-state index contributed by atoms with van der Waals surface area (Å²) in [7, 11) is 0. The molecule has 8 heavy (non-hydrogen) atoms. The lowest BCUT2D eigenvalue weighted by atomic mass is 10.4. The summed E-state index contributed by atoms with van der Waals surface area (Å²) in [4.78, 5) is 0. The Morgan fingerprint density at radius 1 is 1.75 bits per heavy atom. The van der Waals surface area contributed by atoms with E-state index in [-0.39, 0.29) is 6.23 Å². The normalized spacial score (nSPS) is 14.4. The number of hydrogen-bond donors (Lipinski definition) is 2. The lowest BCUT2D eigenvalue weighted by Crippen LogP contribution is -2.21. The second-order valence-corrected chi connectivity index (χ2v) is 1.59. The van der Waals surface area contributed by atoms with Gasteiger partial charge >= 0.3 is 0 Å². The van der Waals surface area contributed by atoms with Crippen LogP contribution < -0.4 is 5.32 Å². The molecule has 0 amide bonds. The Balaban J connectivity index is 3.10. The molecule has 0 saturated heterocycles. The molecule has 48 valence electrons. The highest BCUT2D eigenvalue weighted by atomic mass is 16.3. The molecule has 0 aliphatic heterocycles. The van der Waals surface area contributed by atoms with Crippen molar-refractivity contribution in [2.24, 2.45) is 0 Å². The molecule has 2 heteroatoms. The molecule has 0 bridgehead atoms. The van der Waals surface area contributed by atoms with E-state index in [1.165, 1.54) is 0 Å². The number of aliphatic hydroxyl groups is 1. The van der Waals surface area contributed by atoms with Crippen molar-refractivity contribution in [1.82, 2.24) is 5.32 Å². The molecular weight excluding hydrogens is 102 g/mol. The third-order valence-electron chi connectivity index (χ3n) is 0.842. The van der Waals surface area contributed by atoms with E-state index in [2.05, 4.69) is 5.32 Å².